The molecule has 0 unspecified atom stereocenters. The maximum atomic E-state index is 6.11. The van der Waals surface area contributed by atoms with E-state index in [1.807, 2.05) is 0 Å². The van der Waals surface area contributed by atoms with Crippen molar-refractivity contribution in [1.29, 1.82) is 0 Å². The van der Waals surface area contributed by atoms with E-state index in [9.17, 15) is 0 Å². The van der Waals surface area contributed by atoms with Gasteiger partial charge in [-0.1, -0.05) is 27.7 Å². The van der Waals surface area contributed by atoms with Crippen LogP contribution in [0, 0.1) is 0 Å². The first-order valence-electron chi connectivity index (χ1n) is 10.3. The summed E-state index contributed by atoms with van der Waals surface area (Å²) in [6.07, 6.45) is 1.22. The standard InChI is InChI=1S/C18H42N2O2Si2/c1-7-21-24(12-6,22-8-2)17-13-14-19-15-16-20(18-19)23(9-3,10-4)11-5/h7-18H2,1-6H3. The number of rotatable bonds is 13. The Morgan fingerprint density at radius 1 is 0.792 bits per heavy atom. The minimum Gasteiger partial charge on any atom is -0.394 e. The molecule has 0 aromatic heterocycles. The molecule has 1 aliphatic heterocycles. The van der Waals surface area contributed by atoms with Crippen molar-refractivity contribution >= 4 is 16.8 Å². The van der Waals surface area contributed by atoms with Crippen molar-refractivity contribution in [2.24, 2.45) is 0 Å². The Bertz CT molecular complexity index is 327. The number of hydrogen-bond donors (Lipinski definition) is 0. The monoisotopic (exact) mass is 374 g/mol. The Labute approximate surface area is 153 Å². The quantitative estimate of drug-likeness (QED) is 0.443. The molecule has 0 aromatic rings. The Morgan fingerprint density at radius 2 is 1.38 bits per heavy atom. The molecule has 144 valence electrons. The van der Waals surface area contributed by atoms with Crippen LogP contribution in [0.15, 0.2) is 0 Å². The van der Waals surface area contributed by atoms with Crippen molar-refractivity contribution in [3.63, 3.8) is 0 Å². The molecule has 1 fully saturated rings. The minimum atomic E-state index is -1.95. The van der Waals surface area contributed by atoms with Gasteiger partial charge in [0.05, 0.1) is 0 Å². The van der Waals surface area contributed by atoms with Gasteiger partial charge in [-0.25, -0.2) is 0 Å². The average Bonchev–Trinajstić information content (AvgIpc) is 3.07. The third-order valence-corrected chi connectivity index (χ3v) is 15.6. The van der Waals surface area contributed by atoms with Crippen molar-refractivity contribution < 1.29 is 8.85 Å². The first kappa shape index (κ1) is 22.3. The smallest absolute Gasteiger partial charge is 0.337 e. The predicted octanol–water partition coefficient (Wildman–Crippen LogP) is 4.49. The molecular weight excluding hydrogens is 332 g/mol. The van der Waals surface area contributed by atoms with Gasteiger partial charge in [0.15, 0.2) is 0 Å². The molecule has 1 rings (SSSR count). The fourth-order valence-corrected chi connectivity index (χ4v) is 11.1. The molecule has 0 N–H and O–H groups in total. The normalized spacial score (nSPS) is 17.8. The van der Waals surface area contributed by atoms with Crippen molar-refractivity contribution in [3.05, 3.63) is 0 Å². The summed E-state index contributed by atoms with van der Waals surface area (Å²) < 4.78 is 15.1. The molecule has 0 spiro atoms. The second kappa shape index (κ2) is 11.1. The van der Waals surface area contributed by atoms with Crippen LogP contribution in [0.25, 0.3) is 0 Å². The highest BCUT2D eigenvalue weighted by molar-refractivity contribution is 6.77. The van der Waals surface area contributed by atoms with Gasteiger partial charge in [-0.3, -0.25) is 4.90 Å². The molecule has 0 aromatic carbocycles. The fourth-order valence-electron chi connectivity index (χ4n) is 4.30. The zero-order chi connectivity index (χ0) is 18.1. The van der Waals surface area contributed by atoms with E-state index >= 15 is 0 Å². The molecule has 6 heteroatoms. The largest absolute Gasteiger partial charge is 0.394 e. The van der Waals surface area contributed by atoms with Crippen LogP contribution in [0.3, 0.4) is 0 Å². The summed E-state index contributed by atoms with van der Waals surface area (Å²) in [5.74, 6) is 0. The van der Waals surface area contributed by atoms with Crippen LogP contribution in [0.2, 0.25) is 30.2 Å². The van der Waals surface area contributed by atoms with E-state index in [1.54, 1.807) is 0 Å². The van der Waals surface area contributed by atoms with Gasteiger partial charge in [-0.05, 0) is 57.0 Å². The van der Waals surface area contributed by atoms with Crippen molar-refractivity contribution in [3.8, 4) is 0 Å². The van der Waals surface area contributed by atoms with Crippen LogP contribution < -0.4 is 0 Å². The highest BCUT2D eigenvalue weighted by Gasteiger charge is 2.38. The first-order valence-corrected chi connectivity index (χ1v) is 15.1. The number of hydrogen-bond acceptors (Lipinski definition) is 4. The van der Waals surface area contributed by atoms with Crippen molar-refractivity contribution in [2.75, 3.05) is 39.5 Å². The number of nitrogens with zero attached hydrogens (tertiary/aromatic N) is 2. The van der Waals surface area contributed by atoms with Crippen LogP contribution in [0.5, 0.6) is 0 Å². The van der Waals surface area contributed by atoms with Crippen molar-refractivity contribution in [1.82, 2.24) is 9.47 Å². The topological polar surface area (TPSA) is 24.9 Å². The van der Waals surface area contributed by atoms with E-state index in [2.05, 4.69) is 51.0 Å². The molecule has 1 heterocycles. The zero-order valence-electron chi connectivity index (χ0n) is 17.2. The summed E-state index contributed by atoms with van der Waals surface area (Å²) in [4.78, 5) is 2.66. The Morgan fingerprint density at radius 3 is 1.83 bits per heavy atom. The van der Waals surface area contributed by atoms with Gasteiger partial charge < -0.3 is 13.4 Å². The summed E-state index contributed by atoms with van der Waals surface area (Å²) in [6, 6.07) is 6.40. The van der Waals surface area contributed by atoms with E-state index in [-0.39, 0.29) is 0 Å². The second-order valence-corrected chi connectivity index (χ2v) is 15.8. The SMILES string of the molecule is CCO[Si](CC)(CCCN1CCN([Si](CC)(CC)CC)C1)OCC. The molecule has 4 nitrogen and oxygen atoms in total. The van der Waals surface area contributed by atoms with E-state index in [4.69, 9.17) is 8.85 Å². The fraction of sp³-hybridized carbons (Fsp3) is 1.00. The molecule has 0 aliphatic carbocycles. The van der Waals surface area contributed by atoms with Gasteiger partial charge in [0.25, 0.3) is 0 Å². The Balaban J connectivity index is 2.49. The van der Waals surface area contributed by atoms with Gasteiger partial charge in [0.2, 0.25) is 0 Å². The molecule has 24 heavy (non-hydrogen) atoms. The summed E-state index contributed by atoms with van der Waals surface area (Å²) in [5.41, 5.74) is 0. The minimum absolute atomic E-state index is 0.787. The molecular formula is C18H42N2O2Si2. The maximum absolute atomic E-state index is 6.11. The predicted molar refractivity (Wildman–Crippen MR) is 109 cm³/mol. The Hall–Kier alpha value is 0.274. The summed E-state index contributed by atoms with van der Waals surface area (Å²) in [5, 5.41) is 0. The van der Waals surface area contributed by atoms with Crippen LogP contribution >= 0.6 is 0 Å². The molecule has 1 saturated heterocycles. The Kier molecular flexibility index (Phi) is 10.3. The van der Waals surface area contributed by atoms with Gasteiger partial charge in [-0.2, -0.15) is 0 Å². The lowest BCUT2D eigenvalue weighted by Gasteiger charge is -2.38. The van der Waals surface area contributed by atoms with Gasteiger partial charge in [0.1, 0.15) is 8.24 Å². The first-order chi connectivity index (χ1) is 11.5. The van der Waals surface area contributed by atoms with E-state index < -0.39 is 16.8 Å². The highest BCUT2D eigenvalue weighted by Crippen LogP contribution is 2.28. The summed E-state index contributed by atoms with van der Waals surface area (Å²) in [6.45, 7) is 20.2. The van der Waals surface area contributed by atoms with E-state index in [0.29, 0.717) is 0 Å². The molecule has 0 radical (unpaired) electrons. The lowest BCUT2D eigenvalue weighted by Crippen LogP contribution is -2.51. The van der Waals surface area contributed by atoms with Crippen LogP contribution in [0.4, 0.5) is 0 Å². The second-order valence-electron chi connectivity index (χ2n) is 7.04. The molecule has 0 bridgehead atoms. The van der Waals surface area contributed by atoms with Crippen LogP contribution in [0.1, 0.15) is 48.0 Å². The van der Waals surface area contributed by atoms with Gasteiger partial charge in [0, 0.05) is 33.0 Å². The summed E-state index contributed by atoms with van der Waals surface area (Å²) >= 11 is 0. The molecule has 0 saturated carbocycles. The molecule has 1 aliphatic rings. The molecule has 0 atom stereocenters. The maximum Gasteiger partial charge on any atom is 0.337 e. The highest BCUT2D eigenvalue weighted by atomic mass is 28.4. The third-order valence-electron chi connectivity index (χ3n) is 6.09. The van der Waals surface area contributed by atoms with Gasteiger partial charge in [-0.15, -0.1) is 0 Å². The third kappa shape index (κ3) is 5.64. The zero-order valence-corrected chi connectivity index (χ0v) is 19.2. The lowest BCUT2D eigenvalue weighted by atomic mass is 10.4. The van der Waals surface area contributed by atoms with Crippen LogP contribution in [-0.4, -0.2) is 65.8 Å². The average molecular weight is 375 g/mol. The van der Waals surface area contributed by atoms with E-state index in [0.717, 1.165) is 25.3 Å². The molecule has 0 amide bonds. The van der Waals surface area contributed by atoms with Crippen LogP contribution in [-0.2, 0) is 8.85 Å². The van der Waals surface area contributed by atoms with E-state index in [1.165, 1.54) is 50.9 Å². The lowest BCUT2D eigenvalue weighted by molar-refractivity contribution is 0.180. The summed E-state index contributed by atoms with van der Waals surface area (Å²) in [7, 11) is -3.13. The van der Waals surface area contributed by atoms with Crippen molar-refractivity contribution in [2.45, 2.75) is 78.2 Å². The van der Waals surface area contributed by atoms with Gasteiger partial charge >= 0.3 is 8.56 Å².